The Morgan fingerprint density at radius 1 is 1.12 bits per heavy atom. The molecule has 1 amide bonds. The summed E-state index contributed by atoms with van der Waals surface area (Å²) >= 11 is 0. The molecule has 0 unspecified atom stereocenters. The van der Waals surface area contributed by atoms with Gasteiger partial charge in [-0.25, -0.2) is 12.7 Å². The minimum Gasteiger partial charge on any atom is -0.497 e. The van der Waals surface area contributed by atoms with Crippen LogP contribution in [-0.4, -0.2) is 63.1 Å². The van der Waals surface area contributed by atoms with Crippen LogP contribution in [0.5, 0.6) is 5.75 Å². The average Bonchev–Trinajstić information content (AvgIpc) is 2.60. The van der Waals surface area contributed by atoms with Crippen molar-refractivity contribution in [1.82, 2.24) is 9.21 Å². The predicted molar refractivity (Wildman–Crippen MR) is 100 cm³/mol. The van der Waals surface area contributed by atoms with Crippen LogP contribution in [0.4, 0.5) is 0 Å². The van der Waals surface area contributed by atoms with Crippen LogP contribution in [0.15, 0.2) is 24.3 Å². The molecule has 0 saturated carbocycles. The van der Waals surface area contributed by atoms with Crippen molar-refractivity contribution in [2.24, 2.45) is 0 Å². The molecule has 0 N–H and O–H groups in total. The SMILES string of the molecule is CCN(CC)C(=O)C[C@H](c1ccc(OC)cc1)[C@H](C)S(=O)(=O)N(C)C. The van der Waals surface area contributed by atoms with Crippen molar-refractivity contribution in [3.05, 3.63) is 29.8 Å². The Balaban J connectivity index is 3.23. The van der Waals surface area contributed by atoms with Gasteiger partial charge in [-0.2, -0.15) is 0 Å². The topological polar surface area (TPSA) is 66.9 Å². The zero-order valence-corrected chi connectivity index (χ0v) is 16.8. The molecular weight excluding hydrogens is 340 g/mol. The standard InChI is InChI=1S/C18H30N2O4S/c1-7-20(8-2)18(21)13-17(14(3)25(22,23)19(4)5)15-9-11-16(24-6)12-10-15/h9-12,14,17H,7-8,13H2,1-6H3/t14-,17-/m0/s1. The number of sulfonamides is 1. The van der Waals surface area contributed by atoms with Gasteiger partial charge in [0.1, 0.15) is 5.75 Å². The van der Waals surface area contributed by atoms with Crippen LogP contribution in [0, 0.1) is 0 Å². The van der Waals surface area contributed by atoms with E-state index in [1.807, 2.05) is 26.0 Å². The number of carbonyl (C=O) groups is 1. The number of methoxy groups -OCH3 is 1. The first kappa shape index (κ1) is 21.4. The molecule has 1 rings (SSSR count). The summed E-state index contributed by atoms with van der Waals surface area (Å²) in [6.45, 7) is 6.73. The van der Waals surface area contributed by atoms with Gasteiger partial charge in [-0.3, -0.25) is 4.79 Å². The van der Waals surface area contributed by atoms with Gasteiger partial charge in [0.15, 0.2) is 0 Å². The molecule has 0 spiro atoms. The number of hydrogen-bond donors (Lipinski definition) is 0. The minimum atomic E-state index is -3.49. The minimum absolute atomic E-state index is 0.0355. The van der Waals surface area contributed by atoms with Crippen LogP contribution in [0.2, 0.25) is 0 Å². The number of rotatable bonds is 9. The van der Waals surface area contributed by atoms with Crippen molar-refractivity contribution in [1.29, 1.82) is 0 Å². The Hall–Kier alpha value is -1.60. The normalized spacial score (nSPS) is 14.2. The first-order valence-corrected chi connectivity index (χ1v) is 10.0. The number of hydrogen-bond acceptors (Lipinski definition) is 4. The summed E-state index contributed by atoms with van der Waals surface area (Å²) in [6, 6.07) is 7.25. The fourth-order valence-electron chi connectivity index (χ4n) is 2.84. The maximum atomic E-state index is 12.6. The second-order valence-corrected chi connectivity index (χ2v) is 8.69. The maximum Gasteiger partial charge on any atom is 0.223 e. The van der Waals surface area contributed by atoms with Crippen molar-refractivity contribution < 1.29 is 17.9 Å². The van der Waals surface area contributed by atoms with Crippen molar-refractivity contribution in [2.75, 3.05) is 34.3 Å². The highest BCUT2D eigenvalue weighted by molar-refractivity contribution is 7.89. The third-order valence-electron chi connectivity index (χ3n) is 4.60. The second kappa shape index (κ2) is 9.20. The lowest BCUT2D eigenvalue weighted by atomic mass is 9.92. The number of amides is 1. The summed E-state index contributed by atoms with van der Waals surface area (Å²) in [7, 11) is 1.12. The molecule has 0 aliphatic carbocycles. The molecule has 0 fully saturated rings. The van der Waals surface area contributed by atoms with Gasteiger partial charge in [0, 0.05) is 39.5 Å². The summed E-state index contributed by atoms with van der Waals surface area (Å²) in [5, 5.41) is -0.713. The fraction of sp³-hybridized carbons (Fsp3) is 0.611. The first-order valence-electron chi connectivity index (χ1n) is 8.52. The monoisotopic (exact) mass is 370 g/mol. The van der Waals surface area contributed by atoms with Crippen LogP contribution in [0.1, 0.15) is 38.7 Å². The van der Waals surface area contributed by atoms with Gasteiger partial charge in [0.25, 0.3) is 0 Å². The lowest BCUT2D eigenvalue weighted by Gasteiger charge is -2.29. The smallest absolute Gasteiger partial charge is 0.223 e. The molecule has 25 heavy (non-hydrogen) atoms. The van der Waals surface area contributed by atoms with Crippen molar-refractivity contribution >= 4 is 15.9 Å². The van der Waals surface area contributed by atoms with Gasteiger partial charge in [-0.1, -0.05) is 12.1 Å². The highest BCUT2D eigenvalue weighted by Crippen LogP contribution is 2.31. The quantitative estimate of drug-likeness (QED) is 0.669. The van der Waals surface area contributed by atoms with Crippen molar-refractivity contribution in [3.8, 4) is 5.75 Å². The molecular formula is C18H30N2O4S. The molecule has 142 valence electrons. The maximum absolute atomic E-state index is 12.6. The lowest BCUT2D eigenvalue weighted by molar-refractivity contribution is -0.131. The molecule has 0 heterocycles. The zero-order chi connectivity index (χ0) is 19.2. The fourth-order valence-corrected chi connectivity index (χ4v) is 4.17. The largest absolute Gasteiger partial charge is 0.497 e. The Kier molecular flexibility index (Phi) is 7.89. The van der Waals surface area contributed by atoms with E-state index in [0.29, 0.717) is 18.8 Å². The van der Waals surface area contributed by atoms with Crippen LogP contribution < -0.4 is 4.74 Å². The van der Waals surface area contributed by atoms with Crippen LogP contribution in [0.3, 0.4) is 0 Å². The van der Waals surface area contributed by atoms with Crippen molar-refractivity contribution in [3.63, 3.8) is 0 Å². The zero-order valence-electron chi connectivity index (χ0n) is 16.0. The van der Waals surface area contributed by atoms with E-state index >= 15 is 0 Å². The Morgan fingerprint density at radius 3 is 2.04 bits per heavy atom. The molecule has 0 aromatic heterocycles. The van der Waals surface area contributed by atoms with Gasteiger partial charge >= 0.3 is 0 Å². The molecule has 6 nitrogen and oxygen atoms in total. The molecule has 7 heteroatoms. The lowest BCUT2D eigenvalue weighted by Crippen LogP contribution is -2.38. The van der Waals surface area contributed by atoms with Gasteiger partial charge in [-0.05, 0) is 38.5 Å². The van der Waals surface area contributed by atoms with E-state index < -0.39 is 21.2 Å². The molecule has 2 atom stereocenters. The summed E-state index contributed by atoms with van der Waals surface area (Å²) < 4.78 is 31.7. The first-order chi connectivity index (χ1) is 11.7. The van der Waals surface area contributed by atoms with Crippen LogP contribution in [-0.2, 0) is 14.8 Å². The number of benzene rings is 1. The molecule has 0 aliphatic rings. The third kappa shape index (κ3) is 5.19. The van der Waals surface area contributed by atoms with E-state index in [1.165, 1.54) is 18.4 Å². The number of carbonyl (C=O) groups excluding carboxylic acids is 1. The molecule has 1 aromatic carbocycles. The van der Waals surface area contributed by atoms with Gasteiger partial charge < -0.3 is 9.64 Å². The summed E-state index contributed by atoms with van der Waals surface area (Å²) in [6.07, 6.45) is 0.155. The molecule has 0 aliphatic heterocycles. The Morgan fingerprint density at radius 2 is 1.64 bits per heavy atom. The second-order valence-electron chi connectivity index (χ2n) is 6.18. The molecule has 1 aromatic rings. The van der Waals surface area contributed by atoms with Gasteiger partial charge in [-0.15, -0.1) is 0 Å². The summed E-state index contributed by atoms with van der Waals surface area (Å²) in [4.78, 5) is 14.3. The van der Waals surface area contributed by atoms with E-state index in [4.69, 9.17) is 4.74 Å². The van der Waals surface area contributed by atoms with E-state index in [2.05, 4.69) is 0 Å². The number of nitrogens with zero attached hydrogens (tertiary/aromatic N) is 2. The van der Waals surface area contributed by atoms with Crippen LogP contribution in [0.25, 0.3) is 0 Å². The predicted octanol–water partition coefficient (Wildman–Crippen LogP) is 2.32. The van der Waals surface area contributed by atoms with Gasteiger partial charge in [0.2, 0.25) is 15.9 Å². The average molecular weight is 371 g/mol. The molecule has 0 bridgehead atoms. The highest BCUT2D eigenvalue weighted by atomic mass is 32.2. The van der Waals surface area contributed by atoms with Gasteiger partial charge in [0.05, 0.1) is 12.4 Å². The highest BCUT2D eigenvalue weighted by Gasteiger charge is 2.34. The van der Waals surface area contributed by atoms with E-state index in [1.54, 1.807) is 31.1 Å². The summed E-state index contributed by atoms with van der Waals surface area (Å²) in [5.74, 6) is 0.235. The summed E-state index contributed by atoms with van der Waals surface area (Å²) in [5.41, 5.74) is 0.819. The molecule has 0 radical (unpaired) electrons. The Bertz CT molecular complexity index is 652. The van der Waals surface area contributed by atoms with E-state index in [9.17, 15) is 13.2 Å². The van der Waals surface area contributed by atoms with E-state index in [0.717, 1.165) is 5.56 Å². The number of ether oxygens (including phenoxy) is 1. The van der Waals surface area contributed by atoms with E-state index in [-0.39, 0.29) is 12.3 Å². The third-order valence-corrected chi connectivity index (χ3v) is 6.89. The van der Waals surface area contributed by atoms with Crippen molar-refractivity contribution in [2.45, 2.75) is 38.4 Å². The van der Waals surface area contributed by atoms with Crippen LogP contribution >= 0.6 is 0 Å². The Labute approximate surface area is 151 Å². The molecule has 0 saturated heterocycles.